The number of hydrogen-bond acceptors (Lipinski definition) is 4. The standard InChI is InChI=1S/C10H18N4/c1-4-8(2)7-14(3)10-6-5-9(11)12-13-10/h5-6,8H,4,7H2,1-3H3,(H2,11,12). The highest BCUT2D eigenvalue weighted by molar-refractivity contribution is 5.40. The molecular weight excluding hydrogens is 176 g/mol. The van der Waals surface area contributed by atoms with E-state index in [4.69, 9.17) is 5.73 Å². The summed E-state index contributed by atoms with van der Waals surface area (Å²) in [5.41, 5.74) is 5.46. The maximum atomic E-state index is 5.46. The summed E-state index contributed by atoms with van der Waals surface area (Å²) in [5.74, 6) is 2.00. The summed E-state index contributed by atoms with van der Waals surface area (Å²) in [4.78, 5) is 2.10. The highest BCUT2D eigenvalue weighted by Gasteiger charge is 2.06. The lowest BCUT2D eigenvalue weighted by molar-refractivity contribution is 0.556. The Kier molecular flexibility index (Phi) is 3.68. The Hall–Kier alpha value is -1.32. The molecule has 0 bridgehead atoms. The second-order valence-corrected chi connectivity index (χ2v) is 3.71. The highest BCUT2D eigenvalue weighted by atomic mass is 15.3. The Labute approximate surface area is 85.1 Å². The third kappa shape index (κ3) is 2.87. The van der Waals surface area contributed by atoms with Gasteiger partial charge in [0.1, 0.15) is 5.82 Å². The van der Waals surface area contributed by atoms with Gasteiger partial charge in [-0.15, -0.1) is 10.2 Å². The van der Waals surface area contributed by atoms with Crippen LogP contribution in [0, 0.1) is 5.92 Å². The second kappa shape index (κ2) is 4.79. The first-order chi connectivity index (χ1) is 6.63. The Morgan fingerprint density at radius 1 is 1.43 bits per heavy atom. The van der Waals surface area contributed by atoms with Gasteiger partial charge in [0.15, 0.2) is 5.82 Å². The van der Waals surface area contributed by atoms with Gasteiger partial charge in [-0.1, -0.05) is 20.3 Å². The second-order valence-electron chi connectivity index (χ2n) is 3.71. The van der Waals surface area contributed by atoms with Crippen LogP contribution in [-0.4, -0.2) is 23.8 Å². The lowest BCUT2D eigenvalue weighted by Gasteiger charge is -2.20. The van der Waals surface area contributed by atoms with E-state index in [1.54, 1.807) is 6.07 Å². The van der Waals surface area contributed by atoms with Gasteiger partial charge in [-0.3, -0.25) is 0 Å². The van der Waals surface area contributed by atoms with E-state index in [-0.39, 0.29) is 0 Å². The van der Waals surface area contributed by atoms with Crippen molar-refractivity contribution in [1.82, 2.24) is 10.2 Å². The van der Waals surface area contributed by atoms with E-state index in [0.29, 0.717) is 11.7 Å². The van der Waals surface area contributed by atoms with E-state index in [9.17, 15) is 0 Å². The van der Waals surface area contributed by atoms with Crippen LogP contribution in [0.1, 0.15) is 20.3 Å². The summed E-state index contributed by atoms with van der Waals surface area (Å²) in [6.45, 7) is 5.41. The minimum Gasteiger partial charge on any atom is -0.382 e. The van der Waals surface area contributed by atoms with Crippen molar-refractivity contribution in [2.75, 3.05) is 24.2 Å². The number of hydrogen-bond donors (Lipinski definition) is 1. The molecule has 0 saturated heterocycles. The molecular formula is C10H18N4. The van der Waals surface area contributed by atoms with Crippen molar-refractivity contribution in [2.45, 2.75) is 20.3 Å². The normalized spacial score (nSPS) is 12.5. The fourth-order valence-electron chi connectivity index (χ4n) is 1.23. The Bertz CT molecular complexity index is 270. The third-order valence-corrected chi connectivity index (χ3v) is 2.34. The smallest absolute Gasteiger partial charge is 0.151 e. The summed E-state index contributed by atoms with van der Waals surface area (Å²) in [6.07, 6.45) is 1.17. The molecule has 4 heteroatoms. The molecule has 14 heavy (non-hydrogen) atoms. The van der Waals surface area contributed by atoms with Crippen molar-refractivity contribution in [2.24, 2.45) is 5.92 Å². The summed E-state index contributed by atoms with van der Waals surface area (Å²) in [7, 11) is 2.02. The molecule has 0 saturated carbocycles. The van der Waals surface area contributed by atoms with Gasteiger partial charge in [-0.05, 0) is 18.1 Å². The molecule has 0 aliphatic rings. The van der Waals surface area contributed by atoms with E-state index in [1.807, 2.05) is 13.1 Å². The fourth-order valence-corrected chi connectivity index (χ4v) is 1.23. The van der Waals surface area contributed by atoms with Crippen LogP contribution in [0.2, 0.25) is 0 Å². The third-order valence-electron chi connectivity index (χ3n) is 2.34. The SMILES string of the molecule is CCC(C)CN(C)c1ccc(N)nn1. The van der Waals surface area contributed by atoms with Gasteiger partial charge in [-0.25, -0.2) is 0 Å². The predicted octanol–water partition coefficient (Wildman–Crippen LogP) is 1.54. The molecule has 0 amide bonds. The van der Waals surface area contributed by atoms with Crippen LogP contribution in [0.4, 0.5) is 11.6 Å². The molecule has 0 aromatic carbocycles. The topological polar surface area (TPSA) is 55.0 Å². The van der Waals surface area contributed by atoms with Crippen molar-refractivity contribution in [3.63, 3.8) is 0 Å². The molecule has 78 valence electrons. The number of nitrogens with two attached hydrogens (primary N) is 1. The van der Waals surface area contributed by atoms with Gasteiger partial charge in [0, 0.05) is 13.6 Å². The van der Waals surface area contributed by atoms with E-state index in [1.165, 1.54) is 6.42 Å². The van der Waals surface area contributed by atoms with E-state index < -0.39 is 0 Å². The Morgan fingerprint density at radius 2 is 2.14 bits per heavy atom. The number of anilines is 2. The Balaban J connectivity index is 2.60. The monoisotopic (exact) mass is 194 g/mol. The maximum absolute atomic E-state index is 5.46. The molecule has 1 unspecified atom stereocenters. The summed E-state index contributed by atoms with van der Waals surface area (Å²) >= 11 is 0. The molecule has 2 N–H and O–H groups in total. The molecule has 1 aromatic rings. The minimum absolute atomic E-state index is 0.464. The first-order valence-electron chi connectivity index (χ1n) is 4.93. The zero-order chi connectivity index (χ0) is 10.6. The molecule has 4 nitrogen and oxygen atoms in total. The molecule has 1 aromatic heterocycles. The number of rotatable bonds is 4. The largest absolute Gasteiger partial charge is 0.382 e. The van der Waals surface area contributed by atoms with E-state index in [0.717, 1.165) is 12.4 Å². The van der Waals surface area contributed by atoms with Crippen LogP contribution in [0.3, 0.4) is 0 Å². The summed E-state index contributed by atoms with van der Waals surface area (Å²) in [6, 6.07) is 3.67. The van der Waals surface area contributed by atoms with Crippen LogP contribution in [-0.2, 0) is 0 Å². The number of nitrogen functional groups attached to an aromatic ring is 1. The first-order valence-corrected chi connectivity index (χ1v) is 4.93. The molecule has 0 aliphatic heterocycles. The zero-order valence-corrected chi connectivity index (χ0v) is 9.07. The van der Waals surface area contributed by atoms with Crippen LogP contribution < -0.4 is 10.6 Å². The lowest BCUT2D eigenvalue weighted by Crippen LogP contribution is -2.24. The van der Waals surface area contributed by atoms with Crippen LogP contribution in [0.25, 0.3) is 0 Å². The number of aromatic nitrogens is 2. The minimum atomic E-state index is 0.464. The zero-order valence-electron chi connectivity index (χ0n) is 9.07. The van der Waals surface area contributed by atoms with Crippen LogP contribution in [0.15, 0.2) is 12.1 Å². The van der Waals surface area contributed by atoms with Gasteiger partial charge in [0.25, 0.3) is 0 Å². The van der Waals surface area contributed by atoms with Gasteiger partial charge in [0.05, 0.1) is 0 Å². The van der Waals surface area contributed by atoms with E-state index >= 15 is 0 Å². The van der Waals surface area contributed by atoms with Crippen molar-refractivity contribution < 1.29 is 0 Å². The van der Waals surface area contributed by atoms with Gasteiger partial charge in [0.2, 0.25) is 0 Å². The van der Waals surface area contributed by atoms with Gasteiger partial charge < -0.3 is 10.6 Å². The average Bonchev–Trinajstić information content (AvgIpc) is 2.18. The van der Waals surface area contributed by atoms with Crippen molar-refractivity contribution in [3.8, 4) is 0 Å². The fraction of sp³-hybridized carbons (Fsp3) is 0.600. The van der Waals surface area contributed by atoms with Crippen LogP contribution in [0.5, 0.6) is 0 Å². The van der Waals surface area contributed by atoms with Crippen LogP contribution >= 0.6 is 0 Å². The summed E-state index contributed by atoms with van der Waals surface area (Å²) < 4.78 is 0. The molecule has 1 heterocycles. The molecule has 0 aliphatic carbocycles. The van der Waals surface area contributed by atoms with Gasteiger partial charge >= 0.3 is 0 Å². The number of nitrogens with zero attached hydrogens (tertiary/aromatic N) is 3. The first kappa shape index (κ1) is 10.8. The molecule has 0 fully saturated rings. The van der Waals surface area contributed by atoms with Crippen molar-refractivity contribution in [3.05, 3.63) is 12.1 Å². The lowest BCUT2D eigenvalue weighted by atomic mass is 10.1. The van der Waals surface area contributed by atoms with Crippen molar-refractivity contribution in [1.29, 1.82) is 0 Å². The summed E-state index contributed by atoms with van der Waals surface area (Å²) in [5, 5.41) is 7.84. The average molecular weight is 194 g/mol. The molecule has 1 atom stereocenters. The Morgan fingerprint density at radius 3 is 2.64 bits per heavy atom. The molecule has 0 spiro atoms. The molecule has 0 radical (unpaired) electrons. The van der Waals surface area contributed by atoms with Crippen molar-refractivity contribution >= 4 is 11.6 Å². The predicted molar refractivity (Wildman–Crippen MR) is 59.2 cm³/mol. The highest BCUT2D eigenvalue weighted by Crippen LogP contribution is 2.11. The van der Waals surface area contributed by atoms with Gasteiger partial charge in [-0.2, -0.15) is 0 Å². The van der Waals surface area contributed by atoms with E-state index in [2.05, 4.69) is 28.9 Å². The quantitative estimate of drug-likeness (QED) is 0.790. The molecule has 1 rings (SSSR count). The maximum Gasteiger partial charge on any atom is 0.151 e.